The van der Waals surface area contributed by atoms with Gasteiger partial charge in [0, 0.05) is 24.1 Å². The summed E-state index contributed by atoms with van der Waals surface area (Å²) in [5.41, 5.74) is 0.331. The first-order valence-corrected chi connectivity index (χ1v) is 5.79. The molecule has 0 N–H and O–H groups in total. The fraction of sp³-hybridized carbons (Fsp3) is 0.500. The number of halogens is 2. The van der Waals surface area contributed by atoms with Crippen LogP contribution in [-0.2, 0) is 6.42 Å². The Morgan fingerprint density at radius 2 is 2.31 bits per heavy atom. The summed E-state index contributed by atoms with van der Waals surface area (Å²) in [6, 6.07) is 1.31. The summed E-state index contributed by atoms with van der Waals surface area (Å²) in [7, 11) is 0. The maximum Gasteiger partial charge on any atom is 0.292 e. The van der Waals surface area contributed by atoms with E-state index in [4.69, 9.17) is 23.2 Å². The van der Waals surface area contributed by atoms with Crippen molar-refractivity contribution in [3.8, 4) is 0 Å². The largest absolute Gasteiger partial charge is 0.292 e. The molecule has 16 heavy (non-hydrogen) atoms. The first-order valence-electron chi connectivity index (χ1n) is 4.97. The van der Waals surface area contributed by atoms with Crippen LogP contribution in [0.3, 0.4) is 0 Å². The number of alkyl halides is 1. The first kappa shape index (κ1) is 13.2. The minimum atomic E-state index is -0.482. The zero-order valence-corrected chi connectivity index (χ0v) is 10.3. The minimum Gasteiger partial charge on any atom is -0.258 e. The van der Waals surface area contributed by atoms with Crippen LogP contribution in [0.15, 0.2) is 12.3 Å². The van der Waals surface area contributed by atoms with Gasteiger partial charge in [0.25, 0.3) is 5.69 Å². The quantitative estimate of drug-likeness (QED) is 0.463. The van der Waals surface area contributed by atoms with E-state index in [1.54, 1.807) is 0 Å². The van der Waals surface area contributed by atoms with Gasteiger partial charge in [0.15, 0.2) is 0 Å². The Morgan fingerprint density at radius 1 is 1.62 bits per heavy atom. The van der Waals surface area contributed by atoms with Crippen LogP contribution in [0.4, 0.5) is 5.69 Å². The van der Waals surface area contributed by atoms with Gasteiger partial charge in [-0.25, -0.2) is 0 Å². The van der Waals surface area contributed by atoms with Gasteiger partial charge >= 0.3 is 0 Å². The van der Waals surface area contributed by atoms with E-state index in [9.17, 15) is 10.1 Å². The van der Waals surface area contributed by atoms with E-state index in [1.807, 2.05) is 6.92 Å². The number of hydrogen-bond donors (Lipinski definition) is 0. The molecule has 4 nitrogen and oxygen atoms in total. The van der Waals surface area contributed by atoms with Crippen molar-refractivity contribution in [2.75, 3.05) is 0 Å². The van der Waals surface area contributed by atoms with Crippen LogP contribution in [0.1, 0.15) is 25.5 Å². The number of rotatable bonds is 5. The maximum absolute atomic E-state index is 10.8. The normalized spacial score (nSPS) is 12.4. The summed E-state index contributed by atoms with van der Waals surface area (Å²) in [5, 5.41) is 10.9. The van der Waals surface area contributed by atoms with Crippen LogP contribution in [0.5, 0.6) is 0 Å². The third-order valence-corrected chi connectivity index (χ3v) is 2.71. The molecule has 0 saturated heterocycles. The second kappa shape index (κ2) is 6.01. The number of nitrogens with zero attached hydrogens (tertiary/aromatic N) is 2. The van der Waals surface area contributed by atoms with E-state index >= 15 is 0 Å². The summed E-state index contributed by atoms with van der Waals surface area (Å²) in [6.07, 6.45) is 3.54. The Balaban J connectivity index is 2.90. The van der Waals surface area contributed by atoms with Gasteiger partial charge in [0.05, 0.1) is 9.95 Å². The highest BCUT2D eigenvalue weighted by atomic mass is 35.5. The molecule has 6 heteroatoms. The van der Waals surface area contributed by atoms with Crippen molar-refractivity contribution in [1.29, 1.82) is 0 Å². The highest BCUT2D eigenvalue weighted by Crippen LogP contribution is 2.23. The molecule has 0 radical (unpaired) electrons. The van der Waals surface area contributed by atoms with Gasteiger partial charge in [0.1, 0.15) is 5.69 Å². The molecule has 0 spiro atoms. The van der Waals surface area contributed by atoms with Gasteiger partial charge in [-0.05, 0) is 6.42 Å². The lowest BCUT2D eigenvalue weighted by atomic mass is 10.1. The van der Waals surface area contributed by atoms with Crippen LogP contribution in [0.25, 0.3) is 0 Å². The summed E-state index contributed by atoms with van der Waals surface area (Å²) >= 11 is 11.7. The standard InChI is InChI=1S/C10H12Cl2N2O2/c1-2-3-7(11)4-9-10(14(15)16)5-8(12)6-13-9/h5-7H,2-4H2,1H3. The van der Waals surface area contributed by atoms with Crippen LogP contribution in [0, 0.1) is 10.1 Å². The summed E-state index contributed by atoms with van der Waals surface area (Å²) in [6.45, 7) is 2.01. The number of pyridine rings is 1. The molecule has 0 bridgehead atoms. The monoisotopic (exact) mass is 262 g/mol. The molecule has 1 aromatic heterocycles. The lowest BCUT2D eigenvalue weighted by Gasteiger charge is -2.07. The average molecular weight is 263 g/mol. The molecule has 0 fully saturated rings. The van der Waals surface area contributed by atoms with Gasteiger partial charge in [0.2, 0.25) is 0 Å². The Morgan fingerprint density at radius 3 is 2.88 bits per heavy atom. The van der Waals surface area contributed by atoms with E-state index in [1.165, 1.54) is 12.3 Å². The van der Waals surface area contributed by atoms with Crippen molar-refractivity contribution in [2.45, 2.75) is 31.6 Å². The van der Waals surface area contributed by atoms with Crippen molar-refractivity contribution in [3.05, 3.63) is 33.1 Å². The number of hydrogen-bond acceptors (Lipinski definition) is 3. The van der Waals surface area contributed by atoms with Crippen molar-refractivity contribution < 1.29 is 4.92 Å². The van der Waals surface area contributed by atoms with E-state index in [2.05, 4.69) is 4.98 Å². The minimum absolute atomic E-state index is 0.0609. The van der Waals surface area contributed by atoms with E-state index in [0.717, 1.165) is 12.8 Å². The van der Waals surface area contributed by atoms with Gasteiger partial charge in [-0.2, -0.15) is 0 Å². The molecular formula is C10H12Cl2N2O2. The smallest absolute Gasteiger partial charge is 0.258 e. The highest BCUT2D eigenvalue weighted by Gasteiger charge is 2.18. The lowest BCUT2D eigenvalue weighted by Crippen LogP contribution is -2.07. The zero-order valence-electron chi connectivity index (χ0n) is 8.82. The SMILES string of the molecule is CCCC(Cl)Cc1ncc(Cl)cc1[N+](=O)[O-]. The third-order valence-electron chi connectivity index (χ3n) is 2.13. The van der Waals surface area contributed by atoms with E-state index in [-0.39, 0.29) is 16.1 Å². The van der Waals surface area contributed by atoms with E-state index < -0.39 is 4.92 Å². The van der Waals surface area contributed by atoms with Crippen molar-refractivity contribution in [2.24, 2.45) is 0 Å². The molecule has 1 aromatic rings. The summed E-state index contributed by atoms with van der Waals surface area (Å²) in [4.78, 5) is 14.3. The van der Waals surface area contributed by atoms with Crippen molar-refractivity contribution in [3.63, 3.8) is 0 Å². The van der Waals surface area contributed by atoms with Crippen LogP contribution in [0.2, 0.25) is 5.02 Å². The molecule has 88 valence electrons. The van der Waals surface area contributed by atoms with E-state index in [0.29, 0.717) is 12.1 Å². The average Bonchev–Trinajstić information content (AvgIpc) is 2.20. The lowest BCUT2D eigenvalue weighted by molar-refractivity contribution is -0.385. The fourth-order valence-corrected chi connectivity index (χ4v) is 1.91. The van der Waals surface area contributed by atoms with Crippen LogP contribution in [-0.4, -0.2) is 15.3 Å². The number of nitro groups is 1. The molecule has 1 unspecified atom stereocenters. The molecule has 1 rings (SSSR count). The van der Waals surface area contributed by atoms with Crippen LogP contribution >= 0.6 is 23.2 Å². The molecule has 0 aliphatic rings. The number of aromatic nitrogens is 1. The Kier molecular flexibility index (Phi) is 4.96. The Bertz CT molecular complexity index is 385. The van der Waals surface area contributed by atoms with Gasteiger partial charge < -0.3 is 0 Å². The van der Waals surface area contributed by atoms with Crippen molar-refractivity contribution in [1.82, 2.24) is 4.98 Å². The van der Waals surface area contributed by atoms with Crippen LogP contribution < -0.4 is 0 Å². The fourth-order valence-electron chi connectivity index (χ4n) is 1.40. The Labute approximate surface area is 104 Å². The first-order chi connectivity index (χ1) is 7.54. The Hall–Kier alpha value is -0.870. The predicted molar refractivity (Wildman–Crippen MR) is 64.2 cm³/mol. The maximum atomic E-state index is 10.8. The molecule has 0 aromatic carbocycles. The second-order valence-electron chi connectivity index (χ2n) is 3.47. The highest BCUT2D eigenvalue weighted by molar-refractivity contribution is 6.30. The molecule has 1 heterocycles. The molecule has 1 atom stereocenters. The third kappa shape index (κ3) is 3.61. The summed E-state index contributed by atoms with van der Waals surface area (Å²) in [5.74, 6) is 0. The molecule has 0 amide bonds. The van der Waals surface area contributed by atoms with Crippen molar-refractivity contribution >= 4 is 28.9 Å². The topological polar surface area (TPSA) is 56.0 Å². The van der Waals surface area contributed by atoms with Gasteiger partial charge in [-0.3, -0.25) is 15.1 Å². The molecular weight excluding hydrogens is 251 g/mol. The second-order valence-corrected chi connectivity index (χ2v) is 4.52. The molecule has 0 aliphatic carbocycles. The summed E-state index contributed by atoms with van der Waals surface area (Å²) < 4.78 is 0. The van der Waals surface area contributed by atoms with Gasteiger partial charge in [-0.1, -0.05) is 24.9 Å². The predicted octanol–water partition coefficient (Wildman–Crippen LogP) is 3.59. The molecule has 0 saturated carbocycles. The zero-order chi connectivity index (χ0) is 12.1. The molecule has 0 aliphatic heterocycles. The van der Waals surface area contributed by atoms with Gasteiger partial charge in [-0.15, -0.1) is 11.6 Å².